The summed E-state index contributed by atoms with van der Waals surface area (Å²) in [5.41, 5.74) is 2.68. The smallest absolute Gasteiger partial charge is 0.265 e. The molecular weight excluding hydrogens is 436 g/mol. The monoisotopic (exact) mass is 458 g/mol. The van der Waals surface area contributed by atoms with Crippen LogP contribution in [0, 0.1) is 13.8 Å². The third-order valence-electron chi connectivity index (χ3n) is 4.66. The predicted molar refractivity (Wildman–Crippen MR) is 123 cm³/mol. The van der Waals surface area contributed by atoms with Gasteiger partial charge in [-0.05, 0) is 68.3 Å². The summed E-state index contributed by atoms with van der Waals surface area (Å²) in [4.78, 5) is 12.5. The molecule has 1 atom stereocenters. The molecule has 0 spiro atoms. The highest BCUT2D eigenvalue weighted by molar-refractivity contribution is 7.92. The van der Waals surface area contributed by atoms with Gasteiger partial charge in [0.2, 0.25) is 0 Å². The Labute approximate surface area is 187 Å². The molecule has 6 nitrogen and oxygen atoms in total. The summed E-state index contributed by atoms with van der Waals surface area (Å²) in [7, 11) is -3.77. The predicted octanol–water partition coefficient (Wildman–Crippen LogP) is 5.16. The van der Waals surface area contributed by atoms with E-state index in [1.54, 1.807) is 31.2 Å². The third kappa shape index (κ3) is 5.57. The number of ether oxygens (including phenoxy) is 1. The number of hydrogen-bond acceptors (Lipinski definition) is 4. The summed E-state index contributed by atoms with van der Waals surface area (Å²) in [6.07, 6.45) is -0.797. The molecule has 31 heavy (non-hydrogen) atoms. The average Bonchev–Trinajstić information content (AvgIpc) is 2.73. The van der Waals surface area contributed by atoms with Crippen LogP contribution in [0.2, 0.25) is 5.02 Å². The standard InChI is InChI=1S/C23H23ClN2O4S/c1-15-7-6-8-16(2)22(15)26-31(28,29)19-13-11-18(12-14-19)25-23(27)17(3)30-21-10-5-4-9-20(21)24/h4-14,17,26H,1-3H3,(H,25,27). The number of nitrogens with one attached hydrogen (secondary N) is 2. The number of anilines is 2. The maximum atomic E-state index is 12.8. The highest BCUT2D eigenvalue weighted by Gasteiger charge is 2.19. The molecule has 0 heterocycles. The first-order valence-corrected chi connectivity index (χ1v) is 11.4. The summed E-state index contributed by atoms with van der Waals surface area (Å²) in [5.74, 6) is 0.0232. The van der Waals surface area contributed by atoms with Crippen molar-refractivity contribution in [3.05, 3.63) is 82.9 Å². The van der Waals surface area contributed by atoms with E-state index in [0.29, 0.717) is 22.1 Å². The van der Waals surface area contributed by atoms with E-state index in [2.05, 4.69) is 10.0 Å². The number of carbonyl (C=O) groups is 1. The molecule has 3 rings (SSSR count). The van der Waals surface area contributed by atoms with Crippen molar-refractivity contribution < 1.29 is 17.9 Å². The van der Waals surface area contributed by atoms with Crippen molar-refractivity contribution in [2.24, 2.45) is 0 Å². The lowest BCUT2D eigenvalue weighted by atomic mass is 10.1. The van der Waals surface area contributed by atoms with Gasteiger partial charge < -0.3 is 10.1 Å². The minimum Gasteiger partial charge on any atom is -0.479 e. The molecule has 8 heteroatoms. The molecule has 162 valence electrons. The molecule has 0 aliphatic rings. The van der Waals surface area contributed by atoms with Gasteiger partial charge in [0.15, 0.2) is 6.10 Å². The lowest BCUT2D eigenvalue weighted by Crippen LogP contribution is -2.30. The van der Waals surface area contributed by atoms with Crippen molar-refractivity contribution in [3.8, 4) is 5.75 Å². The van der Waals surface area contributed by atoms with Crippen LogP contribution in [0.1, 0.15) is 18.1 Å². The lowest BCUT2D eigenvalue weighted by Gasteiger charge is -2.16. The van der Waals surface area contributed by atoms with Crippen LogP contribution in [-0.4, -0.2) is 20.4 Å². The zero-order chi connectivity index (χ0) is 22.6. The Morgan fingerprint density at radius 3 is 2.16 bits per heavy atom. The summed E-state index contributed by atoms with van der Waals surface area (Å²) in [6, 6.07) is 18.4. The van der Waals surface area contributed by atoms with E-state index in [0.717, 1.165) is 11.1 Å². The van der Waals surface area contributed by atoms with Gasteiger partial charge in [0.1, 0.15) is 5.75 Å². The van der Waals surface area contributed by atoms with Crippen molar-refractivity contribution in [3.63, 3.8) is 0 Å². The van der Waals surface area contributed by atoms with E-state index in [1.165, 1.54) is 24.3 Å². The van der Waals surface area contributed by atoms with E-state index in [9.17, 15) is 13.2 Å². The molecule has 0 radical (unpaired) electrons. The molecule has 3 aromatic rings. The summed E-state index contributed by atoms with van der Waals surface area (Å²) >= 11 is 6.05. The number of hydrogen-bond donors (Lipinski definition) is 2. The second kappa shape index (κ2) is 9.41. The minimum absolute atomic E-state index is 0.0912. The third-order valence-corrected chi connectivity index (χ3v) is 6.34. The van der Waals surface area contributed by atoms with E-state index in [-0.39, 0.29) is 10.8 Å². The maximum absolute atomic E-state index is 12.8. The Bertz CT molecular complexity index is 1170. The number of aryl methyl sites for hydroxylation is 2. The number of sulfonamides is 1. The van der Waals surface area contributed by atoms with Crippen molar-refractivity contribution >= 4 is 38.9 Å². The Balaban J connectivity index is 1.68. The highest BCUT2D eigenvalue weighted by atomic mass is 35.5. The molecule has 3 aromatic carbocycles. The van der Waals surface area contributed by atoms with Gasteiger partial charge in [-0.2, -0.15) is 0 Å². The van der Waals surface area contributed by atoms with Crippen LogP contribution in [0.3, 0.4) is 0 Å². The van der Waals surface area contributed by atoms with Crippen LogP contribution in [0.25, 0.3) is 0 Å². The van der Waals surface area contributed by atoms with Gasteiger partial charge in [-0.15, -0.1) is 0 Å². The summed E-state index contributed by atoms with van der Waals surface area (Å²) in [5, 5.41) is 3.12. The molecule has 0 saturated heterocycles. The van der Waals surface area contributed by atoms with E-state index < -0.39 is 16.1 Å². The molecule has 1 amide bonds. The van der Waals surface area contributed by atoms with Crippen molar-refractivity contribution in [2.75, 3.05) is 10.0 Å². The van der Waals surface area contributed by atoms with Gasteiger partial charge in [0.05, 0.1) is 15.6 Å². The normalized spacial score (nSPS) is 12.1. The summed E-state index contributed by atoms with van der Waals surface area (Å²) in [6.45, 7) is 5.29. The lowest BCUT2D eigenvalue weighted by molar-refractivity contribution is -0.122. The van der Waals surface area contributed by atoms with Crippen molar-refractivity contribution in [1.82, 2.24) is 0 Å². The molecule has 0 aliphatic heterocycles. The molecule has 0 fully saturated rings. The number of halogens is 1. The second-order valence-corrected chi connectivity index (χ2v) is 9.17. The van der Waals surface area contributed by atoms with E-state index >= 15 is 0 Å². The number of rotatable bonds is 7. The molecule has 1 unspecified atom stereocenters. The zero-order valence-corrected chi connectivity index (χ0v) is 18.9. The van der Waals surface area contributed by atoms with Crippen LogP contribution in [0.5, 0.6) is 5.75 Å². The fourth-order valence-electron chi connectivity index (χ4n) is 2.91. The maximum Gasteiger partial charge on any atom is 0.265 e. The van der Waals surface area contributed by atoms with Gasteiger partial charge >= 0.3 is 0 Å². The number of amides is 1. The van der Waals surface area contributed by atoms with Gasteiger partial charge in [-0.1, -0.05) is 41.9 Å². The number of carbonyl (C=O) groups excluding carboxylic acids is 1. The minimum atomic E-state index is -3.77. The second-order valence-electron chi connectivity index (χ2n) is 7.08. The van der Waals surface area contributed by atoms with Crippen LogP contribution < -0.4 is 14.8 Å². The Morgan fingerprint density at radius 1 is 0.935 bits per heavy atom. The zero-order valence-electron chi connectivity index (χ0n) is 17.3. The quantitative estimate of drug-likeness (QED) is 0.512. The molecule has 2 N–H and O–H groups in total. The van der Waals surface area contributed by atoms with Gasteiger partial charge in [0, 0.05) is 5.69 Å². The molecule has 0 aliphatic carbocycles. The van der Waals surface area contributed by atoms with Crippen LogP contribution in [-0.2, 0) is 14.8 Å². The van der Waals surface area contributed by atoms with Gasteiger partial charge in [-0.25, -0.2) is 8.42 Å². The topological polar surface area (TPSA) is 84.5 Å². The number of para-hydroxylation sites is 2. The van der Waals surface area contributed by atoms with Crippen LogP contribution >= 0.6 is 11.6 Å². The van der Waals surface area contributed by atoms with E-state index in [4.69, 9.17) is 16.3 Å². The van der Waals surface area contributed by atoms with E-state index in [1.807, 2.05) is 32.0 Å². The van der Waals surface area contributed by atoms with Gasteiger partial charge in [-0.3, -0.25) is 9.52 Å². The number of benzene rings is 3. The molecule has 0 saturated carbocycles. The molecular formula is C23H23ClN2O4S. The highest BCUT2D eigenvalue weighted by Crippen LogP contribution is 2.26. The molecule has 0 bridgehead atoms. The van der Waals surface area contributed by atoms with Gasteiger partial charge in [0.25, 0.3) is 15.9 Å². The Kier molecular flexibility index (Phi) is 6.87. The Morgan fingerprint density at radius 2 is 1.55 bits per heavy atom. The van der Waals surface area contributed by atoms with Crippen molar-refractivity contribution in [1.29, 1.82) is 0 Å². The fourth-order valence-corrected chi connectivity index (χ4v) is 4.30. The summed E-state index contributed by atoms with van der Waals surface area (Å²) < 4.78 is 33.7. The molecule has 0 aromatic heterocycles. The largest absolute Gasteiger partial charge is 0.479 e. The fraction of sp³-hybridized carbons (Fsp3) is 0.174. The SMILES string of the molecule is Cc1cccc(C)c1NS(=O)(=O)c1ccc(NC(=O)C(C)Oc2ccccc2Cl)cc1. The first-order chi connectivity index (χ1) is 14.7. The first kappa shape index (κ1) is 22.7. The first-order valence-electron chi connectivity index (χ1n) is 9.58. The van der Waals surface area contributed by atoms with Crippen LogP contribution in [0.15, 0.2) is 71.6 Å². The Hall–Kier alpha value is -3.03. The average molecular weight is 459 g/mol. The van der Waals surface area contributed by atoms with Crippen molar-refractivity contribution in [2.45, 2.75) is 31.8 Å². The van der Waals surface area contributed by atoms with Crippen LogP contribution in [0.4, 0.5) is 11.4 Å².